The molecule has 102 valence electrons. The Kier molecular flexibility index (Phi) is 5.68. The van der Waals surface area contributed by atoms with E-state index in [0.717, 1.165) is 19.3 Å². The summed E-state index contributed by atoms with van der Waals surface area (Å²) in [5.74, 6) is -0.104. The molecule has 1 atom stereocenters. The van der Waals surface area contributed by atoms with Gasteiger partial charge in [0.05, 0.1) is 0 Å². The van der Waals surface area contributed by atoms with E-state index in [1.165, 1.54) is 4.57 Å². The topological polar surface area (TPSA) is 56.0 Å². The highest BCUT2D eigenvalue weighted by atomic mass is 16.2. The first-order chi connectivity index (χ1) is 8.58. The fraction of sp³-hybridized carbons (Fsp3) is 0.692. The maximum Gasteiger partial charge on any atom is 0.328 e. The number of hydrogen-bond donors (Lipinski definition) is 1. The van der Waals surface area contributed by atoms with Gasteiger partial charge >= 0.3 is 5.69 Å². The molecule has 0 aliphatic heterocycles. The van der Waals surface area contributed by atoms with E-state index >= 15 is 0 Å². The lowest BCUT2D eigenvalue weighted by Gasteiger charge is -2.12. The van der Waals surface area contributed by atoms with Crippen molar-refractivity contribution in [3.05, 3.63) is 22.9 Å². The van der Waals surface area contributed by atoms with Gasteiger partial charge in [0.25, 0.3) is 0 Å². The van der Waals surface area contributed by atoms with Crippen LogP contribution in [0.4, 0.5) is 0 Å². The average Bonchev–Trinajstić information content (AvgIpc) is 2.62. The van der Waals surface area contributed by atoms with Crippen molar-refractivity contribution in [2.75, 3.05) is 0 Å². The number of amides is 1. The van der Waals surface area contributed by atoms with E-state index in [0.29, 0.717) is 6.54 Å². The maximum absolute atomic E-state index is 11.9. The molecular weight excluding hydrogens is 230 g/mol. The zero-order chi connectivity index (χ0) is 13.5. The Balaban J connectivity index is 2.57. The Morgan fingerprint density at radius 2 is 1.94 bits per heavy atom. The molecule has 0 radical (unpaired) electrons. The van der Waals surface area contributed by atoms with Gasteiger partial charge in [-0.15, -0.1) is 0 Å². The molecule has 1 unspecified atom stereocenters. The molecule has 1 heterocycles. The number of carbonyl (C=O) groups is 1. The van der Waals surface area contributed by atoms with Crippen LogP contribution in [0.25, 0.3) is 0 Å². The van der Waals surface area contributed by atoms with E-state index in [2.05, 4.69) is 12.2 Å². The first kappa shape index (κ1) is 14.5. The molecule has 1 N–H and O–H groups in total. The smallest absolute Gasteiger partial charge is 0.328 e. The van der Waals surface area contributed by atoms with E-state index in [4.69, 9.17) is 0 Å². The molecule has 0 saturated heterocycles. The summed E-state index contributed by atoms with van der Waals surface area (Å²) >= 11 is 0. The number of aromatic nitrogens is 2. The molecule has 1 aromatic heterocycles. The predicted octanol–water partition coefficient (Wildman–Crippen LogP) is 1.36. The van der Waals surface area contributed by atoms with E-state index in [-0.39, 0.29) is 24.2 Å². The van der Waals surface area contributed by atoms with Crippen molar-refractivity contribution in [1.29, 1.82) is 0 Å². The summed E-state index contributed by atoms with van der Waals surface area (Å²) in [6.45, 7) is 6.87. The number of aryl methyl sites for hydroxylation is 1. The van der Waals surface area contributed by atoms with Crippen LogP contribution in [0.5, 0.6) is 0 Å². The molecule has 0 aliphatic carbocycles. The normalized spacial score (nSPS) is 12.4. The number of carbonyl (C=O) groups excluding carboxylic acids is 1. The summed E-state index contributed by atoms with van der Waals surface area (Å²) in [6, 6.07) is 0.163. The van der Waals surface area contributed by atoms with Crippen molar-refractivity contribution in [2.24, 2.45) is 0 Å². The van der Waals surface area contributed by atoms with E-state index in [9.17, 15) is 9.59 Å². The van der Waals surface area contributed by atoms with Gasteiger partial charge in [-0.25, -0.2) is 4.79 Å². The summed E-state index contributed by atoms with van der Waals surface area (Å²) in [5, 5.41) is 2.89. The van der Waals surface area contributed by atoms with Crippen molar-refractivity contribution in [2.45, 2.75) is 59.2 Å². The molecule has 5 nitrogen and oxygen atoms in total. The Labute approximate surface area is 108 Å². The van der Waals surface area contributed by atoms with Gasteiger partial charge in [-0.2, -0.15) is 0 Å². The van der Waals surface area contributed by atoms with Crippen LogP contribution in [0, 0.1) is 0 Å². The number of rotatable bonds is 7. The van der Waals surface area contributed by atoms with Crippen LogP contribution in [-0.4, -0.2) is 21.1 Å². The quantitative estimate of drug-likeness (QED) is 0.798. The predicted molar refractivity (Wildman–Crippen MR) is 71.5 cm³/mol. The van der Waals surface area contributed by atoms with Crippen molar-refractivity contribution in [1.82, 2.24) is 14.5 Å². The highest BCUT2D eigenvalue weighted by Gasteiger charge is 2.09. The van der Waals surface area contributed by atoms with Gasteiger partial charge in [-0.3, -0.25) is 13.9 Å². The lowest BCUT2D eigenvalue weighted by Crippen LogP contribution is -2.37. The molecule has 1 rings (SSSR count). The number of hydrogen-bond acceptors (Lipinski definition) is 2. The first-order valence-electron chi connectivity index (χ1n) is 6.63. The molecule has 0 bridgehead atoms. The minimum Gasteiger partial charge on any atom is -0.352 e. The van der Waals surface area contributed by atoms with Gasteiger partial charge in [0.2, 0.25) is 5.91 Å². The molecular formula is C13H23N3O2. The maximum atomic E-state index is 11.9. The zero-order valence-corrected chi connectivity index (χ0v) is 11.5. The van der Waals surface area contributed by atoms with Gasteiger partial charge < -0.3 is 5.32 Å². The van der Waals surface area contributed by atoms with Gasteiger partial charge in [-0.1, -0.05) is 20.3 Å². The molecule has 0 aromatic carbocycles. The Bertz CT molecular complexity index is 434. The van der Waals surface area contributed by atoms with Crippen molar-refractivity contribution < 1.29 is 4.79 Å². The highest BCUT2D eigenvalue weighted by Crippen LogP contribution is 1.95. The monoisotopic (exact) mass is 253 g/mol. The Hall–Kier alpha value is -1.52. The van der Waals surface area contributed by atoms with Gasteiger partial charge in [0.1, 0.15) is 6.54 Å². The fourth-order valence-corrected chi connectivity index (χ4v) is 1.97. The van der Waals surface area contributed by atoms with Crippen LogP contribution in [0.15, 0.2) is 17.2 Å². The minimum atomic E-state index is -0.116. The zero-order valence-electron chi connectivity index (χ0n) is 11.5. The van der Waals surface area contributed by atoms with E-state index < -0.39 is 0 Å². The second-order valence-corrected chi connectivity index (χ2v) is 4.66. The highest BCUT2D eigenvalue weighted by molar-refractivity contribution is 5.75. The third-order valence-electron chi connectivity index (χ3n) is 2.83. The standard InChI is InChI=1S/C13H23N3O2/c1-4-6-11(3)14-12(17)10-16-9-8-15(7-5-2)13(16)18/h8-9,11H,4-7,10H2,1-3H3,(H,14,17). The lowest BCUT2D eigenvalue weighted by molar-refractivity contribution is -0.122. The summed E-state index contributed by atoms with van der Waals surface area (Å²) in [5.41, 5.74) is -0.116. The van der Waals surface area contributed by atoms with Crippen molar-refractivity contribution >= 4 is 5.91 Å². The summed E-state index contributed by atoms with van der Waals surface area (Å²) in [7, 11) is 0. The SMILES string of the molecule is CCCC(C)NC(=O)Cn1ccn(CCC)c1=O. The molecule has 0 saturated carbocycles. The molecule has 5 heteroatoms. The third kappa shape index (κ3) is 4.05. The van der Waals surface area contributed by atoms with Gasteiger partial charge in [0.15, 0.2) is 0 Å². The van der Waals surface area contributed by atoms with Crippen LogP contribution >= 0.6 is 0 Å². The lowest BCUT2D eigenvalue weighted by atomic mass is 10.2. The van der Waals surface area contributed by atoms with Gasteiger partial charge in [-0.05, 0) is 19.8 Å². The number of nitrogens with one attached hydrogen (secondary N) is 1. The molecule has 18 heavy (non-hydrogen) atoms. The van der Waals surface area contributed by atoms with Crippen LogP contribution in [0.3, 0.4) is 0 Å². The van der Waals surface area contributed by atoms with Crippen molar-refractivity contribution in [3.63, 3.8) is 0 Å². The molecule has 1 amide bonds. The van der Waals surface area contributed by atoms with Crippen molar-refractivity contribution in [3.8, 4) is 0 Å². The largest absolute Gasteiger partial charge is 0.352 e. The Morgan fingerprint density at radius 3 is 2.56 bits per heavy atom. The minimum absolute atomic E-state index is 0.101. The fourth-order valence-electron chi connectivity index (χ4n) is 1.97. The summed E-state index contributed by atoms with van der Waals surface area (Å²) < 4.78 is 3.08. The molecule has 0 aliphatic rings. The van der Waals surface area contributed by atoms with E-state index in [1.807, 2.05) is 13.8 Å². The van der Waals surface area contributed by atoms with Crippen LogP contribution < -0.4 is 11.0 Å². The second-order valence-electron chi connectivity index (χ2n) is 4.66. The number of nitrogens with zero attached hydrogens (tertiary/aromatic N) is 2. The second kappa shape index (κ2) is 7.03. The molecule has 0 fully saturated rings. The average molecular weight is 253 g/mol. The number of imidazole rings is 1. The van der Waals surface area contributed by atoms with Gasteiger partial charge in [0, 0.05) is 25.0 Å². The van der Waals surface area contributed by atoms with E-state index in [1.54, 1.807) is 17.0 Å². The molecule has 0 spiro atoms. The van der Waals surface area contributed by atoms with Crippen LogP contribution in [0.1, 0.15) is 40.0 Å². The molecule has 1 aromatic rings. The summed E-state index contributed by atoms with van der Waals surface area (Å²) in [6.07, 6.45) is 6.30. The Morgan fingerprint density at radius 1 is 1.28 bits per heavy atom. The third-order valence-corrected chi connectivity index (χ3v) is 2.83. The van der Waals surface area contributed by atoms with Crippen LogP contribution in [-0.2, 0) is 17.9 Å². The summed E-state index contributed by atoms with van der Waals surface area (Å²) in [4.78, 5) is 23.6. The van der Waals surface area contributed by atoms with Crippen LogP contribution in [0.2, 0.25) is 0 Å². The first-order valence-corrected chi connectivity index (χ1v) is 6.63.